The number of aliphatic imine (C=N–C) groups is 1. The predicted molar refractivity (Wildman–Crippen MR) is 125 cm³/mol. The van der Waals surface area contributed by atoms with Gasteiger partial charge in [-0.15, -0.1) is 35.3 Å². The molecule has 28 heavy (non-hydrogen) atoms. The minimum absolute atomic E-state index is 0. The van der Waals surface area contributed by atoms with Crippen molar-refractivity contribution in [3.63, 3.8) is 0 Å². The lowest BCUT2D eigenvalue weighted by atomic mass is 9.87. The molecule has 0 aromatic carbocycles. The minimum Gasteiger partial charge on any atom is -0.381 e. The van der Waals surface area contributed by atoms with E-state index in [0.717, 1.165) is 58.5 Å². The summed E-state index contributed by atoms with van der Waals surface area (Å²) in [4.78, 5) is 11.0. The number of nitrogens with zero attached hydrogens (tertiary/aromatic N) is 3. The summed E-state index contributed by atoms with van der Waals surface area (Å²) in [7, 11) is 1.90. The number of morpholine rings is 1. The molecule has 4 rings (SSSR count). The lowest BCUT2D eigenvalue weighted by Gasteiger charge is -2.37. The first kappa shape index (κ1) is 22.3. The zero-order valence-electron chi connectivity index (χ0n) is 16.9. The molecule has 3 fully saturated rings. The standard InChI is InChI=1S/C20H32N4O2S.HI/c1-16-13-23(8-10-26-16)17(18-4-3-11-27-18)12-22-19(21-2)24-7-5-20(14-24)6-9-25-15-20;/h3-4,11,16-17H,5-10,12-15H2,1-2H3,(H,21,22);1H. The summed E-state index contributed by atoms with van der Waals surface area (Å²) in [5.74, 6) is 1.03. The Bertz CT molecular complexity index is 636. The molecule has 1 spiro atoms. The van der Waals surface area contributed by atoms with E-state index in [9.17, 15) is 0 Å². The molecule has 3 saturated heterocycles. The van der Waals surface area contributed by atoms with Crippen LogP contribution < -0.4 is 5.32 Å². The van der Waals surface area contributed by atoms with Crippen molar-refractivity contribution in [3.05, 3.63) is 22.4 Å². The Kier molecular flexibility index (Phi) is 8.00. The maximum Gasteiger partial charge on any atom is 0.193 e. The van der Waals surface area contributed by atoms with E-state index in [0.29, 0.717) is 17.6 Å². The first-order chi connectivity index (χ1) is 13.2. The maximum absolute atomic E-state index is 5.75. The molecule has 3 aliphatic rings. The van der Waals surface area contributed by atoms with Crippen LogP contribution in [0.1, 0.15) is 30.7 Å². The molecule has 8 heteroatoms. The van der Waals surface area contributed by atoms with Gasteiger partial charge in [-0.25, -0.2) is 0 Å². The summed E-state index contributed by atoms with van der Waals surface area (Å²) in [5.41, 5.74) is 0.352. The van der Waals surface area contributed by atoms with Crippen molar-refractivity contribution < 1.29 is 9.47 Å². The normalized spacial score (nSPS) is 29.9. The zero-order valence-corrected chi connectivity index (χ0v) is 20.1. The largest absolute Gasteiger partial charge is 0.381 e. The van der Waals surface area contributed by atoms with Crippen molar-refractivity contribution in [1.82, 2.24) is 15.1 Å². The Morgan fingerprint density at radius 1 is 1.39 bits per heavy atom. The molecule has 3 atom stereocenters. The van der Waals surface area contributed by atoms with Crippen molar-refractivity contribution in [2.24, 2.45) is 10.4 Å². The van der Waals surface area contributed by atoms with Crippen molar-refractivity contribution in [2.75, 3.05) is 59.6 Å². The molecular weight excluding hydrogens is 487 g/mol. The van der Waals surface area contributed by atoms with Crippen LogP contribution in [0, 0.1) is 5.41 Å². The second-order valence-corrected chi connectivity index (χ2v) is 9.09. The number of likely N-dealkylation sites (tertiary alicyclic amines) is 1. The van der Waals surface area contributed by atoms with Gasteiger partial charge >= 0.3 is 0 Å². The molecule has 0 bridgehead atoms. The van der Waals surface area contributed by atoms with Crippen LogP contribution in [-0.4, -0.2) is 81.5 Å². The van der Waals surface area contributed by atoms with Crippen molar-refractivity contribution in [3.8, 4) is 0 Å². The molecule has 0 saturated carbocycles. The number of thiophene rings is 1. The van der Waals surface area contributed by atoms with Gasteiger partial charge in [0.1, 0.15) is 0 Å². The highest BCUT2D eigenvalue weighted by molar-refractivity contribution is 14.0. The molecule has 3 unspecified atom stereocenters. The highest BCUT2D eigenvalue weighted by Gasteiger charge is 2.42. The smallest absolute Gasteiger partial charge is 0.193 e. The van der Waals surface area contributed by atoms with E-state index in [2.05, 4.69) is 44.5 Å². The van der Waals surface area contributed by atoms with E-state index in [1.807, 2.05) is 18.4 Å². The Balaban J connectivity index is 0.00000225. The number of nitrogens with one attached hydrogen (secondary N) is 1. The second kappa shape index (κ2) is 10.1. The van der Waals surface area contributed by atoms with Crippen LogP contribution in [0.2, 0.25) is 0 Å². The number of rotatable bonds is 4. The van der Waals surface area contributed by atoms with Crippen LogP contribution >= 0.6 is 35.3 Å². The third-order valence-corrected chi connectivity index (χ3v) is 7.15. The SMILES string of the molecule is CN=C(NCC(c1cccs1)N1CCOC(C)C1)N1CCC2(CCOC2)C1.I. The van der Waals surface area contributed by atoms with Crippen LogP contribution in [0.15, 0.2) is 22.5 Å². The van der Waals surface area contributed by atoms with Gasteiger partial charge in [0.2, 0.25) is 0 Å². The average molecular weight is 520 g/mol. The molecule has 0 amide bonds. The third kappa shape index (κ3) is 5.00. The molecule has 1 aromatic heterocycles. The topological polar surface area (TPSA) is 49.3 Å². The maximum atomic E-state index is 5.75. The second-order valence-electron chi connectivity index (χ2n) is 8.11. The minimum atomic E-state index is 0. The van der Waals surface area contributed by atoms with E-state index in [4.69, 9.17) is 9.47 Å². The molecular formula is C20H33IN4O2S. The zero-order chi connectivity index (χ0) is 18.7. The lowest BCUT2D eigenvalue weighted by molar-refractivity contribution is -0.0334. The number of hydrogen-bond donors (Lipinski definition) is 1. The van der Waals surface area contributed by atoms with Crippen LogP contribution in [0.4, 0.5) is 0 Å². The summed E-state index contributed by atoms with van der Waals surface area (Å²) in [5, 5.41) is 5.85. The summed E-state index contributed by atoms with van der Waals surface area (Å²) >= 11 is 1.84. The van der Waals surface area contributed by atoms with Gasteiger partial charge in [0.05, 0.1) is 25.4 Å². The van der Waals surface area contributed by atoms with Gasteiger partial charge in [0, 0.05) is 56.7 Å². The molecule has 6 nitrogen and oxygen atoms in total. The molecule has 0 aliphatic carbocycles. The monoisotopic (exact) mass is 520 g/mol. The summed E-state index contributed by atoms with van der Waals surface area (Å²) in [6.45, 7) is 9.76. The summed E-state index contributed by atoms with van der Waals surface area (Å²) < 4.78 is 11.4. The molecule has 158 valence electrons. The van der Waals surface area contributed by atoms with Gasteiger partial charge in [-0.05, 0) is 31.2 Å². The van der Waals surface area contributed by atoms with Gasteiger partial charge in [0.15, 0.2) is 5.96 Å². The van der Waals surface area contributed by atoms with Gasteiger partial charge in [-0.2, -0.15) is 0 Å². The van der Waals surface area contributed by atoms with E-state index < -0.39 is 0 Å². The Labute approximate surface area is 189 Å². The Hall–Kier alpha value is -0.420. The highest BCUT2D eigenvalue weighted by atomic mass is 127. The molecule has 3 aliphatic heterocycles. The van der Waals surface area contributed by atoms with Gasteiger partial charge in [0.25, 0.3) is 0 Å². The predicted octanol–water partition coefficient (Wildman–Crippen LogP) is 2.82. The van der Waals surface area contributed by atoms with Crippen LogP contribution in [-0.2, 0) is 9.47 Å². The first-order valence-corrected chi connectivity index (χ1v) is 11.0. The third-order valence-electron chi connectivity index (χ3n) is 6.17. The number of guanidine groups is 1. The van der Waals surface area contributed by atoms with E-state index in [1.165, 1.54) is 17.7 Å². The van der Waals surface area contributed by atoms with Crippen LogP contribution in [0.5, 0.6) is 0 Å². The Morgan fingerprint density at radius 2 is 2.29 bits per heavy atom. The average Bonchev–Trinajstić information content (AvgIpc) is 3.43. The van der Waals surface area contributed by atoms with Crippen molar-refractivity contribution in [1.29, 1.82) is 0 Å². The molecule has 4 heterocycles. The lowest BCUT2D eigenvalue weighted by Crippen LogP contribution is -2.48. The number of hydrogen-bond acceptors (Lipinski definition) is 5. The van der Waals surface area contributed by atoms with Crippen molar-refractivity contribution in [2.45, 2.75) is 31.9 Å². The fourth-order valence-corrected chi connectivity index (χ4v) is 5.49. The van der Waals surface area contributed by atoms with E-state index in [1.54, 1.807) is 0 Å². The van der Waals surface area contributed by atoms with Crippen LogP contribution in [0.3, 0.4) is 0 Å². The van der Waals surface area contributed by atoms with E-state index >= 15 is 0 Å². The number of halogens is 1. The van der Waals surface area contributed by atoms with Gasteiger partial charge in [-0.1, -0.05) is 6.07 Å². The molecule has 0 radical (unpaired) electrons. The first-order valence-electron chi connectivity index (χ1n) is 10.1. The van der Waals surface area contributed by atoms with Gasteiger partial charge < -0.3 is 19.7 Å². The summed E-state index contributed by atoms with van der Waals surface area (Å²) in [6.07, 6.45) is 2.69. The van der Waals surface area contributed by atoms with Gasteiger partial charge in [-0.3, -0.25) is 9.89 Å². The highest BCUT2D eigenvalue weighted by Crippen LogP contribution is 2.38. The van der Waals surface area contributed by atoms with Crippen LogP contribution in [0.25, 0.3) is 0 Å². The number of ether oxygens (including phenoxy) is 2. The van der Waals surface area contributed by atoms with Crippen molar-refractivity contribution >= 4 is 41.3 Å². The molecule has 1 aromatic rings. The molecule has 1 N–H and O–H groups in total. The Morgan fingerprint density at radius 3 is 2.96 bits per heavy atom. The fourth-order valence-electron chi connectivity index (χ4n) is 4.63. The summed E-state index contributed by atoms with van der Waals surface area (Å²) in [6, 6.07) is 4.76. The quantitative estimate of drug-likeness (QED) is 0.376. The van der Waals surface area contributed by atoms with E-state index in [-0.39, 0.29) is 24.0 Å². The fraction of sp³-hybridized carbons (Fsp3) is 0.750.